The Labute approximate surface area is 92.2 Å². The second-order valence-corrected chi connectivity index (χ2v) is 6.39. The molecule has 0 heterocycles. The molecule has 16 heavy (non-hydrogen) atoms. The van der Waals surface area contributed by atoms with Crippen LogP contribution in [0.4, 0.5) is 0 Å². The number of rotatable bonds is 7. The van der Waals surface area contributed by atoms with E-state index in [9.17, 15) is 25.3 Å². The Balaban J connectivity index is 4.13. The molecular weight excluding hydrogens is 292 g/mol. The summed E-state index contributed by atoms with van der Waals surface area (Å²) in [7, 11) is -14.5. The van der Waals surface area contributed by atoms with Gasteiger partial charge >= 0.3 is 20.8 Å². The second kappa shape index (κ2) is 5.35. The molecule has 0 aliphatic rings. The van der Waals surface area contributed by atoms with Crippen LogP contribution >= 0.6 is 0 Å². The molecule has 0 spiro atoms. The van der Waals surface area contributed by atoms with Gasteiger partial charge in [-0.05, 0) is 6.42 Å². The molecule has 0 unspecified atom stereocenters. The van der Waals surface area contributed by atoms with Crippen LogP contribution in [0.15, 0.2) is 0 Å². The van der Waals surface area contributed by atoms with Crippen molar-refractivity contribution in [3.8, 4) is 0 Å². The lowest BCUT2D eigenvalue weighted by Gasteiger charge is -2.02. The van der Waals surface area contributed by atoms with E-state index in [0.29, 0.717) is 0 Å². The SMILES string of the molecule is O=S(=O)(O)CCCOS(=O)(=O)OS(=O)(=O)O. The zero-order chi connectivity index (χ0) is 13.0. The molecule has 0 radical (unpaired) electrons. The molecule has 0 aromatic rings. The van der Waals surface area contributed by atoms with Crippen LogP contribution in [0.1, 0.15) is 6.42 Å². The molecule has 0 aromatic heterocycles. The summed E-state index contributed by atoms with van der Waals surface area (Å²) < 4.78 is 84.6. The minimum absolute atomic E-state index is 0.410. The van der Waals surface area contributed by atoms with Crippen LogP contribution in [-0.2, 0) is 38.7 Å². The van der Waals surface area contributed by atoms with Crippen LogP contribution in [0.25, 0.3) is 0 Å². The Morgan fingerprint density at radius 2 is 1.44 bits per heavy atom. The first-order chi connectivity index (χ1) is 6.91. The summed E-state index contributed by atoms with van der Waals surface area (Å²) in [5.41, 5.74) is 0. The third-order valence-corrected chi connectivity index (χ3v) is 3.56. The maximum absolute atomic E-state index is 10.6. The minimum atomic E-state index is -5.23. The molecule has 0 bridgehead atoms. The van der Waals surface area contributed by atoms with Crippen molar-refractivity contribution in [2.45, 2.75) is 6.42 Å². The molecule has 0 rings (SSSR count). The quantitative estimate of drug-likeness (QED) is 0.411. The fourth-order valence-electron chi connectivity index (χ4n) is 0.527. The molecule has 0 aliphatic heterocycles. The molecule has 0 aromatic carbocycles. The summed E-state index contributed by atoms with van der Waals surface area (Å²) in [6, 6.07) is 0. The second-order valence-electron chi connectivity index (χ2n) is 2.37. The van der Waals surface area contributed by atoms with E-state index in [1.807, 2.05) is 0 Å². The number of hydrogen-bond donors (Lipinski definition) is 2. The molecule has 2 N–H and O–H groups in total. The lowest BCUT2D eigenvalue weighted by Crippen LogP contribution is -2.17. The van der Waals surface area contributed by atoms with Gasteiger partial charge < -0.3 is 0 Å². The van der Waals surface area contributed by atoms with Crippen molar-refractivity contribution in [1.29, 1.82) is 0 Å². The van der Waals surface area contributed by atoms with E-state index in [2.05, 4.69) is 7.81 Å². The van der Waals surface area contributed by atoms with E-state index in [-0.39, 0.29) is 0 Å². The average Bonchev–Trinajstić information content (AvgIpc) is 1.91. The zero-order valence-corrected chi connectivity index (χ0v) is 9.96. The van der Waals surface area contributed by atoms with Gasteiger partial charge in [0.05, 0.1) is 12.4 Å². The van der Waals surface area contributed by atoms with Crippen LogP contribution in [0, 0.1) is 0 Å². The first-order valence-electron chi connectivity index (χ1n) is 3.44. The maximum atomic E-state index is 10.6. The van der Waals surface area contributed by atoms with E-state index < -0.39 is 49.7 Å². The van der Waals surface area contributed by atoms with E-state index in [1.54, 1.807) is 0 Å². The van der Waals surface area contributed by atoms with Crippen molar-refractivity contribution in [1.82, 2.24) is 0 Å². The monoisotopic (exact) mass is 300 g/mol. The van der Waals surface area contributed by atoms with Gasteiger partial charge in [-0.15, -0.1) is 3.63 Å². The summed E-state index contributed by atoms with van der Waals surface area (Å²) >= 11 is 0. The van der Waals surface area contributed by atoms with Crippen molar-refractivity contribution in [3.63, 3.8) is 0 Å². The molecule has 0 amide bonds. The normalized spacial score (nSPS) is 13.9. The van der Waals surface area contributed by atoms with Gasteiger partial charge in [0.15, 0.2) is 0 Å². The predicted molar refractivity (Wildman–Crippen MR) is 48.5 cm³/mol. The number of hydrogen-bond acceptors (Lipinski definition) is 8. The fourth-order valence-corrected chi connectivity index (χ4v) is 2.33. The standard InChI is InChI=1S/C3H8O10S3/c4-14(5,6)3-1-2-12-16(10,11)13-15(7,8)9/h1-3H2,(H,4,5,6)(H,7,8,9). The highest BCUT2D eigenvalue weighted by atomic mass is 32.3. The topological polar surface area (TPSA) is 161 Å². The van der Waals surface area contributed by atoms with Crippen molar-refractivity contribution >= 4 is 30.9 Å². The highest BCUT2D eigenvalue weighted by Gasteiger charge is 2.21. The van der Waals surface area contributed by atoms with Gasteiger partial charge in [-0.3, -0.25) is 9.11 Å². The van der Waals surface area contributed by atoms with Gasteiger partial charge in [0.1, 0.15) is 0 Å². The summed E-state index contributed by atoms with van der Waals surface area (Å²) in [5, 5.41) is 0. The predicted octanol–water partition coefficient (Wildman–Crippen LogP) is -1.65. The van der Waals surface area contributed by atoms with E-state index in [0.717, 1.165) is 0 Å². The fraction of sp³-hybridized carbons (Fsp3) is 1.00. The molecule has 0 atom stereocenters. The van der Waals surface area contributed by atoms with E-state index >= 15 is 0 Å². The molecule has 10 nitrogen and oxygen atoms in total. The van der Waals surface area contributed by atoms with Gasteiger partial charge in [0.2, 0.25) is 0 Å². The molecule has 13 heteroatoms. The Bertz CT molecular complexity index is 508. The van der Waals surface area contributed by atoms with Gasteiger partial charge in [-0.2, -0.15) is 25.3 Å². The molecule has 98 valence electrons. The van der Waals surface area contributed by atoms with Gasteiger partial charge in [-0.25, -0.2) is 4.18 Å². The van der Waals surface area contributed by atoms with Gasteiger partial charge in [0, 0.05) is 0 Å². The molecule has 0 saturated heterocycles. The van der Waals surface area contributed by atoms with Crippen molar-refractivity contribution in [2.24, 2.45) is 0 Å². The third-order valence-electron chi connectivity index (χ3n) is 0.944. The van der Waals surface area contributed by atoms with Crippen LogP contribution in [-0.4, -0.2) is 46.7 Å². The first kappa shape index (κ1) is 15.7. The average molecular weight is 300 g/mol. The Morgan fingerprint density at radius 3 is 1.81 bits per heavy atom. The highest BCUT2D eigenvalue weighted by molar-refractivity contribution is 7.94. The lowest BCUT2D eigenvalue weighted by atomic mass is 10.5. The van der Waals surface area contributed by atoms with E-state index in [4.69, 9.17) is 9.11 Å². The molecular formula is C3H8O10S3. The van der Waals surface area contributed by atoms with Gasteiger partial charge in [-0.1, -0.05) is 0 Å². The summed E-state index contributed by atoms with van der Waals surface area (Å²) in [5.74, 6) is -0.769. The molecule has 0 saturated carbocycles. The Hall–Kier alpha value is -0.310. The Morgan fingerprint density at radius 1 is 0.938 bits per heavy atom. The summed E-state index contributed by atoms with van der Waals surface area (Å²) in [6.45, 7) is -0.738. The van der Waals surface area contributed by atoms with Crippen LogP contribution in [0.3, 0.4) is 0 Å². The van der Waals surface area contributed by atoms with E-state index in [1.165, 1.54) is 0 Å². The maximum Gasteiger partial charge on any atom is 0.416 e. The van der Waals surface area contributed by atoms with Crippen LogP contribution in [0.2, 0.25) is 0 Å². The smallest absolute Gasteiger partial charge is 0.286 e. The lowest BCUT2D eigenvalue weighted by molar-refractivity contribution is 0.264. The zero-order valence-electron chi connectivity index (χ0n) is 7.51. The minimum Gasteiger partial charge on any atom is -0.286 e. The van der Waals surface area contributed by atoms with Gasteiger partial charge in [0.25, 0.3) is 10.1 Å². The largest absolute Gasteiger partial charge is 0.416 e. The third kappa shape index (κ3) is 10.2. The first-order valence-corrected chi connectivity index (χ1v) is 7.75. The summed E-state index contributed by atoms with van der Waals surface area (Å²) in [6.07, 6.45) is -0.410. The van der Waals surface area contributed by atoms with Crippen LogP contribution < -0.4 is 0 Å². The Kier molecular flexibility index (Phi) is 5.24. The molecule has 0 aliphatic carbocycles. The van der Waals surface area contributed by atoms with Crippen LogP contribution in [0.5, 0.6) is 0 Å². The van der Waals surface area contributed by atoms with Crippen molar-refractivity contribution in [2.75, 3.05) is 12.4 Å². The highest BCUT2D eigenvalue weighted by Crippen LogP contribution is 2.02. The molecule has 0 fully saturated rings. The van der Waals surface area contributed by atoms with Crippen molar-refractivity contribution < 1.29 is 42.2 Å². The summed E-state index contributed by atoms with van der Waals surface area (Å²) in [4.78, 5) is 0. The van der Waals surface area contributed by atoms with Crippen molar-refractivity contribution in [3.05, 3.63) is 0 Å².